The maximum Gasteiger partial charge on any atom is 0.306 e. The van der Waals surface area contributed by atoms with Crippen molar-refractivity contribution in [1.82, 2.24) is 0 Å². The van der Waals surface area contributed by atoms with Crippen LogP contribution in [0.5, 0.6) is 0 Å². The van der Waals surface area contributed by atoms with Crippen LogP contribution in [0, 0.1) is 0 Å². The molecule has 0 amide bonds. The molecule has 0 unspecified atom stereocenters. The van der Waals surface area contributed by atoms with Gasteiger partial charge in [0.1, 0.15) is 13.2 Å². The molecule has 6 heteroatoms. The highest BCUT2D eigenvalue weighted by molar-refractivity contribution is 5.71. The fraction of sp³-hybridized carbons (Fsp3) is 0.852. The lowest BCUT2D eigenvalue weighted by molar-refractivity contribution is -0.167. The van der Waals surface area contributed by atoms with Crippen molar-refractivity contribution in [3.05, 3.63) is 36.5 Å². The summed E-state index contributed by atoms with van der Waals surface area (Å²) in [4.78, 5) is 38.2. The molecule has 0 aromatic rings. The first-order valence-corrected chi connectivity index (χ1v) is 29.5. The van der Waals surface area contributed by atoms with Gasteiger partial charge in [-0.1, -0.05) is 256 Å². The van der Waals surface area contributed by atoms with Crippen molar-refractivity contribution in [2.45, 2.75) is 322 Å². The molecule has 0 heterocycles. The molecule has 0 aliphatic carbocycles. The standard InChI is InChI=1S/C61H112O6/c1-4-7-10-13-16-19-22-25-28-30-33-35-38-41-44-47-50-53-59(62)65-56-58(67-61(64)55-52-49-46-43-40-37-32-27-24-21-18-15-12-9-6-3)57-66-60(63)54-51-48-45-42-39-36-34-31-29-26-23-20-17-14-11-8-5-2/h16,19,21,24-25,28,58H,4-15,17-18,20,22-23,26-27,29-57H2,1-3H3/b19-16-,24-21-,28-25-/t58-/m1/s1. The molecule has 0 aromatic carbocycles. The Kier molecular flexibility index (Phi) is 54.2. The number of carbonyl (C=O) groups is 3. The van der Waals surface area contributed by atoms with Crippen molar-refractivity contribution in [1.29, 1.82) is 0 Å². The molecule has 0 rings (SSSR count). The number of carbonyl (C=O) groups excluding carboxylic acids is 3. The van der Waals surface area contributed by atoms with Gasteiger partial charge in [0.15, 0.2) is 6.10 Å². The molecule has 0 aliphatic heterocycles. The molecular weight excluding hydrogens is 829 g/mol. The van der Waals surface area contributed by atoms with Gasteiger partial charge in [0.2, 0.25) is 0 Å². The van der Waals surface area contributed by atoms with E-state index in [0.717, 1.165) is 70.6 Å². The topological polar surface area (TPSA) is 78.9 Å². The van der Waals surface area contributed by atoms with Crippen molar-refractivity contribution in [2.75, 3.05) is 13.2 Å². The van der Waals surface area contributed by atoms with Gasteiger partial charge in [0.25, 0.3) is 0 Å². The summed E-state index contributed by atoms with van der Waals surface area (Å²) >= 11 is 0. The average molecular weight is 942 g/mol. The van der Waals surface area contributed by atoms with Crippen LogP contribution < -0.4 is 0 Å². The van der Waals surface area contributed by atoms with Crippen LogP contribution in [0.2, 0.25) is 0 Å². The highest BCUT2D eigenvalue weighted by atomic mass is 16.6. The van der Waals surface area contributed by atoms with Crippen LogP contribution >= 0.6 is 0 Å². The Hall–Kier alpha value is -2.37. The van der Waals surface area contributed by atoms with E-state index in [-0.39, 0.29) is 31.1 Å². The van der Waals surface area contributed by atoms with Crippen LogP contribution in [0.4, 0.5) is 0 Å². The minimum absolute atomic E-state index is 0.0726. The van der Waals surface area contributed by atoms with E-state index in [2.05, 4.69) is 57.2 Å². The molecule has 0 bridgehead atoms. The van der Waals surface area contributed by atoms with E-state index >= 15 is 0 Å². The molecule has 0 aliphatic rings. The Morgan fingerprint density at radius 3 is 0.881 bits per heavy atom. The molecule has 392 valence electrons. The summed E-state index contributed by atoms with van der Waals surface area (Å²) in [5, 5.41) is 0. The maximum atomic E-state index is 12.9. The van der Waals surface area contributed by atoms with Crippen LogP contribution in [-0.2, 0) is 28.6 Å². The van der Waals surface area contributed by atoms with Crippen LogP contribution in [0.1, 0.15) is 316 Å². The van der Waals surface area contributed by atoms with Gasteiger partial charge in [-0.05, 0) is 77.0 Å². The second-order valence-corrected chi connectivity index (χ2v) is 19.9. The molecule has 67 heavy (non-hydrogen) atoms. The number of hydrogen-bond donors (Lipinski definition) is 0. The predicted molar refractivity (Wildman–Crippen MR) is 289 cm³/mol. The Bertz CT molecular complexity index is 1130. The van der Waals surface area contributed by atoms with Gasteiger partial charge in [-0.3, -0.25) is 14.4 Å². The fourth-order valence-electron chi connectivity index (χ4n) is 8.65. The number of esters is 3. The van der Waals surface area contributed by atoms with Crippen LogP contribution in [-0.4, -0.2) is 37.2 Å². The van der Waals surface area contributed by atoms with Crippen LogP contribution in [0.15, 0.2) is 36.5 Å². The highest BCUT2D eigenvalue weighted by Crippen LogP contribution is 2.17. The summed E-state index contributed by atoms with van der Waals surface area (Å²) in [5.74, 6) is -0.867. The molecule has 0 saturated carbocycles. The largest absolute Gasteiger partial charge is 0.462 e. The smallest absolute Gasteiger partial charge is 0.306 e. The van der Waals surface area contributed by atoms with E-state index in [0.29, 0.717) is 19.3 Å². The Labute approximate surface area is 416 Å². The van der Waals surface area contributed by atoms with Gasteiger partial charge < -0.3 is 14.2 Å². The van der Waals surface area contributed by atoms with Crippen LogP contribution in [0.3, 0.4) is 0 Å². The lowest BCUT2D eigenvalue weighted by Crippen LogP contribution is -2.30. The van der Waals surface area contributed by atoms with E-state index in [4.69, 9.17) is 14.2 Å². The fourth-order valence-corrected chi connectivity index (χ4v) is 8.65. The number of ether oxygens (including phenoxy) is 3. The monoisotopic (exact) mass is 941 g/mol. The van der Waals surface area contributed by atoms with Crippen molar-refractivity contribution in [3.8, 4) is 0 Å². The zero-order valence-electron chi connectivity index (χ0n) is 44.9. The summed E-state index contributed by atoms with van der Waals surface area (Å²) in [6.07, 6.45) is 67.0. The Morgan fingerprint density at radius 1 is 0.299 bits per heavy atom. The van der Waals surface area contributed by atoms with Gasteiger partial charge in [-0.25, -0.2) is 0 Å². The second kappa shape index (κ2) is 56.2. The number of unbranched alkanes of at least 4 members (excludes halogenated alkanes) is 37. The van der Waals surface area contributed by atoms with Crippen molar-refractivity contribution < 1.29 is 28.6 Å². The summed E-state index contributed by atoms with van der Waals surface area (Å²) in [6.45, 7) is 6.64. The third-order valence-corrected chi connectivity index (χ3v) is 13.1. The first-order valence-electron chi connectivity index (χ1n) is 29.5. The lowest BCUT2D eigenvalue weighted by Gasteiger charge is -2.18. The summed E-state index contributed by atoms with van der Waals surface area (Å²) in [5.41, 5.74) is 0. The first-order chi connectivity index (χ1) is 33.0. The molecule has 0 aromatic heterocycles. The molecule has 6 nitrogen and oxygen atoms in total. The van der Waals surface area contributed by atoms with Crippen LogP contribution in [0.25, 0.3) is 0 Å². The van der Waals surface area contributed by atoms with Gasteiger partial charge in [-0.15, -0.1) is 0 Å². The number of allylic oxidation sites excluding steroid dienone is 6. The van der Waals surface area contributed by atoms with E-state index in [1.807, 2.05) is 0 Å². The molecular formula is C61H112O6. The van der Waals surface area contributed by atoms with Gasteiger partial charge in [-0.2, -0.15) is 0 Å². The van der Waals surface area contributed by atoms with E-state index in [1.165, 1.54) is 205 Å². The SMILES string of the molecule is CCCCC/C=C\C/C=C\CCCCCCCCCC(=O)OC[C@H](COC(=O)CCCCCCCCCCCCCCCCCCC)OC(=O)CCCCCCCCC/C=C\CCCCCC. The van der Waals surface area contributed by atoms with Gasteiger partial charge >= 0.3 is 17.9 Å². The minimum Gasteiger partial charge on any atom is -0.462 e. The summed E-state index contributed by atoms with van der Waals surface area (Å²) in [7, 11) is 0. The van der Waals surface area contributed by atoms with Crippen molar-refractivity contribution in [2.24, 2.45) is 0 Å². The molecule has 1 atom stereocenters. The molecule has 0 spiro atoms. The van der Waals surface area contributed by atoms with E-state index < -0.39 is 6.10 Å². The average Bonchev–Trinajstić information content (AvgIpc) is 3.33. The summed E-state index contributed by atoms with van der Waals surface area (Å²) < 4.78 is 16.9. The zero-order chi connectivity index (χ0) is 48.6. The second-order valence-electron chi connectivity index (χ2n) is 19.9. The summed E-state index contributed by atoms with van der Waals surface area (Å²) in [6, 6.07) is 0. The quantitative estimate of drug-likeness (QED) is 0.0262. The van der Waals surface area contributed by atoms with Crippen molar-refractivity contribution >= 4 is 17.9 Å². The number of rotatable bonds is 54. The van der Waals surface area contributed by atoms with Gasteiger partial charge in [0.05, 0.1) is 0 Å². The molecule has 0 saturated heterocycles. The third-order valence-electron chi connectivity index (χ3n) is 13.1. The number of hydrogen-bond acceptors (Lipinski definition) is 6. The Balaban J connectivity index is 4.35. The predicted octanol–water partition coefficient (Wildman–Crippen LogP) is 19.7. The van der Waals surface area contributed by atoms with Gasteiger partial charge in [0, 0.05) is 19.3 Å². The van der Waals surface area contributed by atoms with E-state index in [9.17, 15) is 14.4 Å². The minimum atomic E-state index is -0.775. The lowest BCUT2D eigenvalue weighted by atomic mass is 10.0. The highest BCUT2D eigenvalue weighted by Gasteiger charge is 2.19. The molecule has 0 radical (unpaired) electrons. The Morgan fingerprint density at radius 2 is 0.537 bits per heavy atom. The zero-order valence-corrected chi connectivity index (χ0v) is 44.9. The third kappa shape index (κ3) is 54.4. The normalized spacial score (nSPS) is 12.2. The molecule has 0 fully saturated rings. The van der Waals surface area contributed by atoms with Crippen molar-refractivity contribution in [3.63, 3.8) is 0 Å². The molecule has 0 N–H and O–H groups in total. The van der Waals surface area contributed by atoms with E-state index in [1.54, 1.807) is 0 Å². The first kappa shape index (κ1) is 64.6. The maximum absolute atomic E-state index is 12.9.